The van der Waals surface area contributed by atoms with E-state index in [1.807, 2.05) is 0 Å². The summed E-state index contributed by atoms with van der Waals surface area (Å²) in [4.78, 5) is 4.31. The van der Waals surface area contributed by atoms with Crippen LogP contribution in [-0.2, 0) is 17.7 Å². The first-order valence-corrected chi connectivity index (χ1v) is 6.51. The third-order valence-electron chi connectivity index (χ3n) is 4.04. The molecule has 0 aromatic carbocycles. The van der Waals surface area contributed by atoms with Gasteiger partial charge in [0, 0.05) is 26.1 Å². The fourth-order valence-electron chi connectivity index (χ4n) is 2.43. The molecular weight excluding hydrogens is 216 g/mol. The highest BCUT2D eigenvalue weighted by Gasteiger charge is 2.38. The van der Waals surface area contributed by atoms with E-state index in [4.69, 9.17) is 9.15 Å². The van der Waals surface area contributed by atoms with Gasteiger partial charge in [-0.1, -0.05) is 0 Å². The average molecular weight is 236 g/mol. The number of hydrogen-bond donors (Lipinski definition) is 1. The number of rotatable bonds is 6. The van der Waals surface area contributed by atoms with Crippen molar-refractivity contribution < 1.29 is 9.15 Å². The highest BCUT2D eigenvalue weighted by Crippen LogP contribution is 2.38. The minimum absolute atomic E-state index is 0.0217. The van der Waals surface area contributed by atoms with Crippen molar-refractivity contribution in [3.05, 3.63) is 17.8 Å². The predicted molar refractivity (Wildman–Crippen MR) is 63.7 cm³/mol. The first-order valence-electron chi connectivity index (χ1n) is 6.51. The Morgan fingerprint density at radius 1 is 1.53 bits per heavy atom. The molecular formula is C13H20N2O2. The van der Waals surface area contributed by atoms with Gasteiger partial charge in [0.15, 0.2) is 6.39 Å². The van der Waals surface area contributed by atoms with Gasteiger partial charge in [-0.05, 0) is 32.1 Å². The monoisotopic (exact) mass is 236 g/mol. The van der Waals surface area contributed by atoms with Gasteiger partial charge in [-0.25, -0.2) is 4.98 Å². The molecule has 1 aromatic heterocycles. The van der Waals surface area contributed by atoms with Crippen LogP contribution in [0.15, 0.2) is 10.8 Å². The molecule has 94 valence electrons. The van der Waals surface area contributed by atoms with Crippen LogP contribution < -0.4 is 5.32 Å². The second kappa shape index (κ2) is 4.42. The largest absolute Gasteiger partial charge is 0.448 e. The summed E-state index contributed by atoms with van der Waals surface area (Å²) in [5.41, 5.74) is 1.08. The third kappa shape index (κ3) is 2.38. The summed E-state index contributed by atoms with van der Waals surface area (Å²) < 4.78 is 11.2. The summed E-state index contributed by atoms with van der Waals surface area (Å²) >= 11 is 0. The molecule has 1 aromatic rings. The Balaban J connectivity index is 1.63. The smallest absolute Gasteiger partial charge is 0.181 e. The van der Waals surface area contributed by atoms with Crippen molar-refractivity contribution in [2.45, 2.75) is 56.7 Å². The zero-order valence-electron chi connectivity index (χ0n) is 10.4. The molecule has 3 rings (SSSR count). The molecule has 0 saturated heterocycles. The fourth-order valence-corrected chi connectivity index (χ4v) is 2.43. The van der Waals surface area contributed by atoms with Crippen LogP contribution in [0.25, 0.3) is 0 Å². The second-order valence-corrected chi connectivity index (χ2v) is 5.29. The van der Waals surface area contributed by atoms with E-state index in [1.54, 1.807) is 13.5 Å². The number of ether oxygens (including phenoxy) is 1. The van der Waals surface area contributed by atoms with Crippen LogP contribution in [-0.4, -0.2) is 23.7 Å². The van der Waals surface area contributed by atoms with Crippen LogP contribution in [0, 0.1) is 0 Å². The third-order valence-corrected chi connectivity index (χ3v) is 4.04. The lowest BCUT2D eigenvalue weighted by atomic mass is 9.77. The number of aromatic nitrogens is 1. The number of oxazole rings is 1. The normalized spacial score (nSPS) is 22.4. The molecule has 0 amide bonds. The van der Waals surface area contributed by atoms with E-state index >= 15 is 0 Å². The predicted octanol–water partition coefficient (Wildman–Crippen LogP) is 2.04. The van der Waals surface area contributed by atoms with E-state index < -0.39 is 0 Å². The van der Waals surface area contributed by atoms with E-state index in [-0.39, 0.29) is 5.60 Å². The Morgan fingerprint density at radius 3 is 2.94 bits per heavy atom. The van der Waals surface area contributed by atoms with Gasteiger partial charge < -0.3 is 14.5 Å². The molecule has 2 saturated carbocycles. The SMILES string of the molecule is COC1(Cc2ocnc2CNC2CC2)CCC1. The molecule has 0 radical (unpaired) electrons. The summed E-state index contributed by atoms with van der Waals surface area (Å²) in [6, 6.07) is 0.708. The van der Waals surface area contributed by atoms with E-state index in [2.05, 4.69) is 10.3 Å². The Hall–Kier alpha value is -0.870. The van der Waals surface area contributed by atoms with E-state index in [0.29, 0.717) is 6.04 Å². The summed E-state index contributed by atoms with van der Waals surface area (Å²) in [7, 11) is 1.80. The van der Waals surface area contributed by atoms with E-state index in [9.17, 15) is 0 Å². The Bertz CT molecular complexity index is 375. The van der Waals surface area contributed by atoms with Gasteiger partial charge in [-0.2, -0.15) is 0 Å². The Kier molecular flexibility index (Phi) is 2.92. The summed E-state index contributed by atoms with van der Waals surface area (Å²) in [5, 5.41) is 3.48. The molecule has 2 fully saturated rings. The lowest BCUT2D eigenvalue weighted by Crippen LogP contribution is -2.41. The van der Waals surface area contributed by atoms with E-state index in [1.165, 1.54) is 19.3 Å². The van der Waals surface area contributed by atoms with Crippen molar-refractivity contribution in [1.29, 1.82) is 0 Å². The van der Waals surface area contributed by atoms with Crippen molar-refractivity contribution in [3.8, 4) is 0 Å². The summed E-state index contributed by atoms with van der Waals surface area (Å²) in [5.74, 6) is 1.000. The highest BCUT2D eigenvalue weighted by molar-refractivity contribution is 5.12. The van der Waals surface area contributed by atoms with Crippen molar-refractivity contribution in [2.24, 2.45) is 0 Å². The molecule has 4 heteroatoms. The maximum atomic E-state index is 5.63. The maximum Gasteiger partial charge on any atom is 0.181 e. The maximum absolute atomic E-state index is 5.63. The Labute approximate surface area is 102 Å². The van der Waals surface area contributed by atoms with Crippen molar-refractivity contribution in [3.63, 3.8) is 0 Å². The van der Waals surface area contributed by atoms with Crippen LogP contribution in [0.1, 0.15) is 43.6 Å². The molecule has 0 atom stereocenters. The van der Waals surface area contributed by atoms with Crippen molar-refractivity contribution in [2.75, 3.05) is 7.11 Å². The molecule has 0 spiro atoms. The molecule has 1 N–H and O–H groups in total. The standard InChI is InChI=1S/C13H20N2O2/c1-16-13(5-2-6-13)7-12-11(15-9-17-12)8-14-10-3-4-10/h9-10,14H,2-8H2,1H3. The minimum Gasteiger partial charge on any atom is -0.448 e. The topological polar surface area (TPSA) is 47.3 Å². The van der Waals surface area contributed by atoms with Crippen LogP contribution in [0.5, 0.6) is 0 Å². The van der Waals surface area contributed by atoms with E-state index in [0.717, 1.165) is 37.3 Å². The fraction of sp³-hybridized carbons (Fsp3) is 0.769. The van der Waals surface area contributed by atoms with Crippen LogP contribution >= 0.6 is 0 Å². The van der Waals surface area contributed by atoms with Crippen LogP contribution in [0.3, 0.4) is 0 Å². The lowest BCUT2D eigenvalue weighted by molar-refractivity contribution is -0.0739. The number of hydrogen-bond acceptors (Lipinski definition) is 4. The first kappa shape index (κ1) is 11.2. The summed E-state index contributed by atoms with van der Waals surface area (Å²) in [6.07, 6.45) is 8.56. The van der Waals surface area contributed by atoms with Crippen molar-refractivity contribution in [1.82, 2.24) is 10.3 Å². The minimum atomic E-state index is 0.0217. The average Bonchev–Trinajstić information content (AvgIpc) is 3.01. The number of nitrogens with zero attached hydrogens (tertiary/aromatic N) is 1. The summed E-state index contributed by atoms with van der Waals surface area (Å²) in [6.45, 7) is 0.830. The molecule has 0 aliphatic heterocycles. The van der Waals surface area contributed by atoms with Crippen LogP contribution in [0.4, 0.5) is 0 Å². The zero-order chi connectivity index (χ0) is 11.7. The van der Waals surface area contributed by atoms with Gasteiger partial charge in [0.1, 0.15) is 5.76 Å². The molecule has 17 heavy (non-hydrogen) atoms. The van der Waals surface area contributed by atoms with Gasteiger partial charge in [-0.3, -0.25) is 0 Å². The first-order chi connectivity index (χ1) is 8.31. The molecule has 4 nitrogen and oxygen atoms in total. The second-order valence-electron chi connectivity index (χ2n) is 5.29. The van der Waals surface area contributed by atoms with Gasteiger partial charge in [0.05, 0.1) is 11.3 Å². The van der Waals surface area contributed by atoms with Crippen LogP contribution in [0.2, 0.25) is 0 Å². The number of nitrogens with one attached hydrogen (secondary N) is 1. The van der Waals surface area contributed by atoms with Gasteiger partial charge >= 0.3 is 0 Å². The molecule has 0 bridgehead atoms. The highest BCUT2D eigenvalue weighted by atomic mass is 16.5. The zero-order valence-corrected chi connectivity index (χ0v) is 10.4. The quantitative estimate of drug-likeness (QED) is 0.821. The number of methoxy groups -OCH3 is 1. The van der Waals surface area contributed by atoms with Crippen molar-refractivity contribution >= 4 is 0 Å². The molecule has 2 aliphatic rings. The molecule has 2 aliphatic carbocycles. The van der Waals surface area contributed by atoms with Gasteiger partial charge in [0.2, 0.25) is 0 Å². The molecule has 0 unspecified atom stereocenters. The Morgan fingerprint density at radius 2 is 2.35 bits per heavy atom. The lowest BCUT2D eigenvalue weighted by Gasteiger charge is -2.40. The van der Waals surface area contributed by atoms with Gasteiger partial charge in [-0.15, -0.1) is 0 Å². The molecule has 1 heterocycles. The van der Waals surface area contributed by atoms with Gasteiger partial charge in [0.25, 0.3) is 0 Å².